The fourth-order valence-corrected chi connectivity index (χ4v) is 3.99. The van der Waals surface area contributed by atoms with Gasteiger partial charge in [0.25, 0.3) is 17.7 Å². The highest BCUT2D eigenvalue weighted by Crippen LogP contribution is 2.33. The minimum Gasteiger partial charge on any atom is -0.481 e. The second kappa shape index (κ2) is 12.2. The summed E-state index contributed by atoms with van der Waals surface area (Å²) in [5, 5.41) is 23.3. The van der Waals surface area contributed by atoms with Crippen LogP contribution in [0.25, 0.3) is 0 Å². The number of fused-ring (bicyclic) bond motifs is 1. The second-order valence-corrected chi connectivity index (χ2v) is 8.65. The van der Waals surface area contributed by atoms with Gasteiger partial charge in [0.1, 0.15) is 25.5 Å². The third kappa shape index (κ3) is 6.44. The summed E-state index contributed by atoms with van der Waals surface area (Å²) in [4.78, 5) is 76.2. The smallest absolute Gasteiger partial charge is 0.305 e. The van der Waals surface area contributed by atoms with Gasteiger partial charge in [-0.3, -0.25) is 28.9 Å². The first-order chi connectivity index (χ1) is 18.0. The van der Waals surface area contributed by atoms with E-state index in [1.165, 1.54) is 30.3 Å². The summed E-state index contributed by atoms with van der Waals surface area (Å²) in [5.74, 6) is -4.45. The minimum atomic E-state index is -1.38. The molecule has 38 heavy (non-hydrogen) atoms. The molecule has 0 saturated heterocycles. The number of nitrogen functional groups attached to an aromatic ring is 1. The van der Waals surface area contributed by atoms with Crippen LogP contribution in [0, 0.1) is 0 Å². The number of carboxylic acid groups (broad SMARTS) is 1. The Morgan fingerprint density at radius 1 is 1.16 bits per heavy atom. The fourth-order valence-electron chi connectivity index (χ4n) is 3.81. The highest BCUT2D eigenvalue weighted by molar-refractivity contribution is 6.33. The molecule has 0 spiro atoms. The monoisotopic (exact) mass is 545 g/mol. The highest BCUT2D eigenvalue weighted by Gasteiger charge is 2.37. The standard InChI is InChI=1S/C24H24ClN5O8/c25-15-7-13(5-6-16(15)26)23(37)28-17-9-29(21(34)12-32)18-3-1-2-4-19(18)30(24(17)38)10-20(33)27-14(11-31)8-22(35)36/h1-7,11,14,17,32H,8-10,12,26H2,(H,27,33)(H,28,37)(H,35,36)/t14-,17?/m0/s1. The number of hydrogen-bond donors (Lipinski definition) is 5. The molecule has 3 rings (SSSR count). The molecule has 2 aromatic carbocycles. The number of carbonyl (C=O) groups is 6. The molecule has 0 aliphatic carbocycles. The molecular weight excluding hydrogens is 522 g/mol. The lowest BCUT2D eigenvalue weighted by atomic mass is 10.1. The zero-order chi connectivity index (χ0) is 28.0. The largest absolute Gasteiger partial charge is 0.481 e. The van der Waals surface area contributed by atoms with Crippen molar-refractivity contribution in [2.45, 2.75) is 18.5 Å². The van der Waals surface area contributed by atoms with E-state index in [2.05, 4.69) is 10.6 Å². The number of aldehydes is 1. The van der Waals surface area contributed by atoms with Gasteiger partial charge in [0.2, 0.25) is 5.91 Å². The molecule has 1 heterocycles. The van der Waals surface area contributed by atoms with E-state index in [0.717, 1.165) is 9.80 Å². The van der Waals surface area contributed by atoms with Gasteiger partial charge >= 0.3 is 5.97 Å². The summed E-state index contributed by atoms with van der Waals surface area (Å²) >= 11 is 6.00. The third-order valence-electron chi connectivity index (χ3n) is 5.60. The molecule has 200 valence electrons. The molecule has 0 radical (unpaired) electrons. The molecule has 0 saturated carbocycles. The van der Waals surface area contributed by atoms with Gasteiger partial charge in [-0.05, 0) is 30.3 Å². The number of aliphatic carboxylic acids is 1. The molecule has 1 aliphatic heterocycles. The number of carboxylic acids is 1. The van der Waals surface area contributed by atoms with E-state index in [-0.39, 0.29) is 40.5 Å². The van der Waals surface area contributed by atoms with Gasteiger partial charge in [0.15, 0.2) is 0 Å². The highest BCUT2D eigenvalue weighted by atomic mass is 35.5. The number of nitrogens with two attached hydrogens (primary N) is 1. The van der Waals surface area contributed by atoms with Crippen molar-refractivity contribution in [3.63, 3.8) is 0 Å². The average Bonchev–Trinajstić information content (AvgIpc) is 2.99. The summed E-state index contributed by atoms with van der Waals surface area (Å²) in [6, 6.07) is 7.44. The number of aliphatic hydroxyl groups is 1. The van der Waals surface area contributed by atoms with Crippen LogP contribution in [0.5, 0.6) is 0 Å². The Balaban J connectivity index is 1.97. The van der Waals surface area contributed by atoms with Gasteiger partial charge in [0, 0.05) is 5.56 Å². The summed E-state index contributed by atoms with van der Waals surface area (Å²) in [7, 11) is 0. The molecule has 14 heteroatoms. The molecule has 1 aliphatic rings. The van der Waals surface area contributed by atoms with E-state index in [9.17, 15) is 33.9 Å². The minimum absolute atomic E-state index is 0.0746. The zero-order valence-electron chi connectivity index (χ0n) is 19.8. The van der Waals surface area contributed by atoms with E-state index in [0.29, 0.717) is 0 Å². The Hall–Kier alpha value is -4.49. The lowest BCUT2D eigenvalue weighted by Crippen LogP contribution is -2.55. The number of benzene rings is 2. The number of amides is 4. The van der Waals surface area contributed by atoms with Crippen molar-refractivity contribution in [1.82, 2.24) is 10.6 Å². The van der Waals surface area contributed by atoms with Crippen LogP contribution in [0.15, 0.2) is 42.5 Å². The van der Waals surface area contributed by atoms with Crippen molar-refractivity contribution in [3.8, 4) is 0 Å². The Morgan fingerprint density at radius 3 is 2.45 bits per heavy atom. The quantitative estimate of drug-likeness (QED) is 0.204. The number of carbonyl (C=O) groups excluding carboxylic acids is 5. The molecule has 4 amide bonds. The average molecular weight is 546 g/mol. The number of rotatable bonds is 9. The van der Waals surface area contributed by atoms with Crippen molar-refractivity contribution >= 4 is 64.5 Å². The van der Waals surface area contributed by atoms with Gasteiger partial charge in [-0.15, -0.1) is 0 Å². The van der Waals surface area contributed by atoms with E-state index < -0.39 is 61.3 Å². The molecule has 0 bridgehead atoms. The number of nitrogens with one attached hydrogen (secondary N) is 2. The van der Waals surface area contributed by atoms with Crippen molar-refractivity contribution in [2.24, 2.45) is 0 Å². The van der Waals surface area contributed by atoms with Gasteiger partial charge in [-0.1, -0.05) is 23.7 Å². The topological polar surface area (TPSA) is 199 Å². The van der Waals surface area contributed by atoms with Crippen molar-refractivity contribution in [2.75, 3.05) is 35.2 Å². The molecule has 0 fully saturated rings. The van der Waals surface area contributed by atoms with Crippen LogP contribution < -0.4 is 26.2 Å². The maximum atomic E-state index is 13.6. The Bertz CT molecular complexity index is 1290. The number of hydrogen-bond acceptors (Lipinski definition) is 8. The fraction of sp³-hybridized carbons (Fsp3) is 0.250. The predicted octanol–water partition coefficient (Wildman–Crippen LogP) is -0.449. The lowest BCUT2D eigenvalue weighted by Gasteiger charge is -2.25. The Kier molecular flexibility index (Phi) is 8.99. The molecule has 2 aromatic rings. The zero-order valence-corrected chi connectivity index (χ0v) is 20.6. The van der Waals surface area contributed by atoms with Crippen LogP contribution in [0.1, 0.15) is 16.8 Å². The van der Waals surface area contributed by atoms with Crippen LogP contribution >= 0.6 is 11.6 Å². The lowest BCUT2D eigenvalue weighted by molar-refractivity contribution is -0.139. The first kappa shape index (κ1) is 28.1. The molecule has 2 atom stereocenters. The van der Waals surface area contributed by atoms with Crippen LogP contribution in [0.2, 0.25) is 5.02 Å². The maximum absolute atomic E-state index is 13.6. The van der Waals surface area contributed by atoms with E-state index in [1.807, 2.05) is 0 Å². The number of para-hydroxylation sites is 2. The van der Waals surface area contributed by atoms with Gasteiger partial charge in [0.05, 0.1) is 41.1 Å². The first-order valence-corrected chi connectivity index (χ1v) is 11.6. The predicted molar refractivity (Wildman–Crippen MR) is 136 cm³/mol. The van der Waals surface area contributed by atoms with Gasteiger partial charge in [-0.2, -0.15) is 0 Å². The van der Waals surface area contributed by atoms with Crippen LogP contribution in [0.4, 0.5) is 17.1 Å². The van der Waals surface area contributed by atoms with Crippen molar-refractivity contribution in [1.29, 1.82) is 0 Å². The Labute approximate surface area is 221 Å². The number of aliphatic hydroxyl groups excluding tert-OH is 1. The number of anilines is 3. The SMILES string of the molecule is Nc1ccc(C(=O)NC2CN(C(=O)CO)c3ccccc3N(CC(=O)N[C@H](C=O)CC(=O)O)C2=O)cc1Cl. The van der Waals surface area contributed by atoms with Crippen molar-refractivity contribution in [3.05, 3.63) is 53.1 Å². The molecule has 0 aromatic heterocycles. The molecular formula is C24H24ClN5O8. The first-order valence-electron chi connectivity index (χ1n) is 11.2. The summed E-state index contributed by atoms with van der Waals surface area (Å²) < 4.78 is 0. The van der Waals surface area contributed by atoms with Crippen molar-refractivity contribution < 1.29 is 39.0 Å². The van der Waals surface area contributed by atoms with Crippen LogP contribution in [-0.4, -0.2) is 77.9 Å². The molecule has 6 N–H and O–H groups in total. The molecule has 1 unspecified atom stereocenters. The molecule has 13 nitrogen and oxygen atoms in total. The summed E-state index contributed by atoms with van der Waals surface area (Å²) in [5.41, 5.74) is 6.28. The number of halogens is 1. The summed E-state index contributed by atoms with van der Waals surface area (Å²) in [6.45, 7) is -1.94. The van der Waals surface area contributed by atoms with E-state index in [1.54, 1.807) is 12.1 Å². The Morgan fingerprint density at radius 2 is 1.84 bits per heavy atom. The third-order valence-corrected chi connectivity index (χ3v) is 5.93. The number of nitrogens with zero attached hydrogens (tertiary/aromatic N) is 2. The van der Waals surface area contributed by atoms with Crippen LogP contribution in [0.3, 0.4) is 0 Å². The summed E-state index contributed by atoms with van der Waals surface area (Å²) in [6.07, 6.45) is -0.409. The second-order valence-electron chi connectivity index (χ2n) is 8.25. The van der Waals surface area contributed by atoms with Crippen LogP contribution in [-0.2, 0) is 24.0 Å². The van der Waals surface area contributed by atoms with E-state index in [4.69, 9.17) is 22.4 Å². The maximum Gasteiger partial charge on any atom is 0.305 e. The van der Waals surface area contributed by atoms with E-state index >= 15 is 0 Å². The van der Waals surface area contributed by atoms with Gasteiger partial charge < -0.3 is 36.3 Å². The normalized spacial score (nSPS) is 15.6. The van der Waals surface area contributed by atoms with Gasteiger partial charge in [-0.25, -0.2) is 0 Å².